The maximum Gasteiger partial charge on any atom is 0.275 e. The van der Waals surface area contributed by atoms with Crippen molar-refractivity contribution in [2.24, 2.45) is 5.16 Å². The number of pyridine rings is 1. The predicted molar refractivity (Wildman–Crippen MR) is 70.8 cm³/mol. The first-order valence-corrected chi connectivity index (χ1v) is 5.77. The summed E-state index contributed by atoms with van der Waals surface area (Å²) in [6.07, 6.45) is 1.53. The highest BCUT2D eigenvalue weighted by Gasteiger charge is 2.15. The molecule has 0 atom stereocenters. The van der Waals surface area contributed by atoms with Crippen LogP contribution in [-0.4, -0.2) is 21.8 Å². The Hall–Kier alpha value is -2.69. The molecule has 0 aliphatic carbocycles. The number of hydrogen-bond donors (Lipinski definition) is 2. The van der Waals surface area contributed by atoms with E-state index in [0.29, 0.717) is 12.2 Å². The zero-order valence-electron chi connectivity index (χ0n) is 10.2. The highest BCUT2D eigenvalue weighted by atomic mass is 16.4. The molecule has 2 N–H and O–H groups in total. The summed E-state index contributed by atoms with van der Waals surface area (Å²) in [5.74, 6) is -0.468. The van der Waals surface area contributed by atoms with E-state index in [1.807, 2.05) is 30.3 Å². The SMILES string of the molecule is O=C(NCc1ccccc1)/C(=N\O)c1ccccn1. The standard InChI is InChI=1S/C14H13N3O2/c18-14(16-10-11-6-2-1-3-7-11)13(17-19)12-8-4-5-9-15-12/h1-9,19H,10H2,(H,16,18)/b17-13-. The zero-order valence-corrected chi connectivity index (χ0v) is 10.2. The topological polar surface area (TPSA) is 74.6 Å². The molecule has 1 heterocycles. The lowest BCUT2D eigenvalue weighted by molar-refractivity contribution is -0.115. The molecule has 0 spiro atoms. The molecule has 5 heteroatoms. The summed E-state index contributed by atoms with van der Waals surface area (Å²) in [5.41, 5.74) is 1.20. The molecule has 1 aromatic carbocycles. The molecule has 0 aliphatic rings. The Morgan fingerprint density at radius 2 is 1.89 bits per heavy atom. The van der Waals surface area contributed by atoms with Crippen molar-refractivity contribution < 1.29 is 10.0 Å². The highest BCUT2D eigenvalue weighted by molar-refractivity contribution is 6.44. The van der Waals surface area contributed by atoms with E-state index in [1.165, 1.54) is 6.20 Å². The van der Waals surface area contributed by atoms with Gasteiger partial charge in [-0.05, 0) is 17.7 Å². The molecule has 2 rings (SSSR count). The number of benzene rings is 1. The number of nitrogens with zero attached hydrogens (tertiary/aromatic N) is 2. The number of carbonyl (C=O) groups is 1. The first kappa shape index (κ1) is 12.8. The molecule has 96 valence electrons. The molecule has 0 saturated heterocycles. The Morgan fingerprint density at radius 1 is 1.16 bits per heavy atom. The monoisotopic (exact) mass is 255 g/mol. The van der Waals surface area contributed by atoms with Gasteiger partial charge in [-0.2, -0.15) is 0 Å². The molecular formula is C14H13N3O2. The third kappa shape index (κ3) is 3.38. The van der Waals surface area contributed by atoms with E-state index in [9.17, 15) is 4.79 Å². The van der Waals surface area contributed by atoms with Crippen LogP contribution in [0.2, 0.25) is 0 Å². The van der Waals surface area contributed by atoms with Crippen LogP contribution in [0, 0.1) is 0 Å². The average Bonchev–Trinajstić information content (AvgIpc) is 2.48. The van der Waals surface area contributed by atoms with E-state index in [-0.39, 0.29) is 5.71 Å². The van der Waals surface area contributed by atoms with Crippen LogP contribution in [0.4, 0.5) is 0 Å². The largest absolute Gasteiger partial charge is 0.410 e. The summed E-state index contributed by atoms with van der Waals surface area (Å²) in [7, 11) is 0. The minimum Gasteiger partial charge on any atom is -0.410 e. The summed E-state index contributed by atoms with van der Waals surface area (Å²) in [6.45, 7) is 0.367. The van der Waals surface area contributed by atoms with Gasteiger partial charge in [0.15, 0.2) is 5.71 Å². The molecule has 1 aromatic heterocycles. The van der Waals surface area contributed by atoms with Gasteiger partial charge in [0.2, 0.25) is 0 Å². The molecule has 2 aromatic rings. The third-order valence-corrected chi connectivity index (χ3v) is 2.52. The lowest BCUT2D eigenvalue weighted by Crippen LogP contribution is -2.31. The van der Waals surface area contributed by atoms with E-state index >= 15 is 0 Å². The van der Waals surface area contributed by atoms with E-state index in [2.05, 4.69) is 15.5 Å². The van der Waals surface area contributed by atoms with Crippen molar-refractivity contribution in [1.29, 1.82) is 0 Å². The van der Waals surface area contributed by atoms with Crippen molar-refractivity contribution in [3.8, 4) is 0 Å². The Morgan fingerprint density at radius 3 is 2.53 bits per heavy atom. The van der Waals surface area contributed by atoms with Crippen LogP contribution in [-0.2, 0) is 11.3 Å². The van der Waals surface area contributed by atoms with Crippen molar-refractivity contribution in [3.05, 3.63) is 66.0 Å². The van der Waals surface area contributed by atoms with Gasteiger partial charge in [0.25, 0.3) is 5.91 Å². The van der Waals surface area contributed by atoms with Crippen molar-refractivity contribution in [1.82, 2.24) is 10.3 Å². The highest BCUT2D eigenvalue weighted by Crippen LogP contribution is 2.00. The normalized spacial score (nSPS) is 11.1. The molecule has 19 heavy (non-hydrogen) atoms. The summed E-state index contributed by atoms with van der Waals surface area (Å²) in [5, 5.41) is 14.6. The number of rotatable bonds is 4. The van der Waals surface area contributed by atoms with Crippen LogP contribution in [0.5, 0.6) is 0 Å². The number of nitrogens with one attached hydrogen (secondary N) is 1. The van der Waals surface area contributed by atoms with Gasteiger partial charge in [0.05, 0.1) is 5.69 Å². The molecule has 0 saturated carbocycles. The second-order valence-electron chi connectivity index (χ2n) is 3.83. The van der Waals surface area contributed by atoms with Gasteiger partial charge in [-0.3, -0.25) is 9.78 Å². The molecule has 0 aliphatic heterocycles. The maximum atomic E-state index is 11.9. The molecule has 5 nitrogen and oxygen atoms in total. The van der Waals surface area contributed by atoms with E-state index in [4.69, 9.17) is 5.21 Å². The van der Waals surface area contributed by atoms with Crippen molar-refractivity contribution in [2.45, 2.75) is 6.54 Å². The second-order valence-corrected chi connectivity index (χ2v) is 3.83. The van der Waals surface area contributed by atoms with Gasteiger partial charge >= 0.3 is 0 Å². The average molecular weight is 255 g/mol. The van der Waals surface area contributed by atoms with Gasteiger partial charge < -0.3 is 10.5 Å². The number of amides is 1. The Balaban J connectivity index is 2.03. The van der Waals surface area contributed by atoms with Crippen molar-refractivity contribution in [2.75, 3.05) is 0 Å². The number of aromatic nitrogens is 1. The van der Waals surface area contributed by atoms with Gasteiger partial charge in [-0.1, -0.05) is 41.6 Å². The van der Waals surface area contributed by atoms with Crippen LogP contribution in [0.1, 0.15) is 11.3 Å². The van der Waals surface area contributed by atoms with Crippen LogP contribution >= 0.6 is 0 Å². The van der Waals surface area contributed by atoms with Crippen LogP contribution < -0.4 is 5.32 Å². The van der Waals surface area contributed by atoms with Crippen LogP contribution in [0.25, 0.3) is 0 Å². The number of oxime groups is 1. The quantitative estimate of drug-likeness (QED) is 0.495. The first-order valence-electron chi connectivity index (χ1n) is 5.77. The fraction of sp³-hybridized carbons (Fsp3) is 0.0714. The Bertz CT molecular complexity index is 568. The molecule has 0 fully saturated rings. The van der Waals surface area contributed by atoms with Crippen LogP contribution in [0.15, 0.2) is 59.9 Å². The Labute approximate surface area is 110 Å². The van der Waals surface area contributed by atoms with E-state index in [1.54, 1.807) is 18.2 Å². The molecule has 0 unspecified atom stereocenters. The van der Waals surface area contributed by atoms with E-state index in [0.717, 1.165) is 5.56 Å². The first-order chi connectivity index (χ1) is 9.31. The van der Waals surface area contributed by atoms with E-state index < -0.39 is 5.91 Å². The minimum absolute atomic E-state index is 0.100. The van der Waals surface area contributed by atoms with Gasteiger partial charge in [0, 0.05) is 12.7 Å². The Kier molecular flexibility index (Phi) is 4.23. The summed E-state index contributed by atoms with van der Waals surface area (Å²) in [4.78, 5) is 15.9. The lowest BCUT2D eigenvalue weighted by Gasteiger charge is -2.06. The third-order valence-electron chi connectivity index (χ3n) is 2.52. The van der Waals surface area contributed by atoms with Crippen molar-refractivity contribution in [3.63, 3.8) is 0 Å². The fourth-order valence-electron chi connectivity index (χ4n) is 1.58. The second kappa shape index (κ2) is 6.30. The molecule has 0 bridgehead atoms. The van der Waals surface area contributed by atoms with Gasteiger partial charge in [-0.25, -0.2) is 0 Å². The fourth-order valence-corrected chi connectivity index (χ4v) is 1.58. The maximum absolute atomic E-state index is 11.9. The number of hydrogen-bond acceptors (Lipinski definition) is 4. The smallest absolute Gasteiger partial charge is 0.275 e. The van der Waals surface area contributed by atoms with Gasteiger partial charge in [-0.15, -0.1) is 0 Å². The summed E-state index contributed by atoms with van der Waals surface area (Å²) in [6, 6.07) is 14.5. The summed E-state index contributed by atoms with van der Waals surface area (Å²) < 4.78 is 0. The van der Waals surface area contributed by atoms with Gasteiger partial charge in [0.1, 0.15) is 0 Å². The molecular weight excluding hydrogens is 242 g/mol. The minimum atomic E-state index is -0.468. The molecule has 1 amide bonds. The van der Waals surface area contributed by atoms with Crippen LogP contribution in [0.3, 0.4) is 0 Å². The number of carbonyl (C=O) groups excluding carboxylic acids is 1. The summed E-state index contributed by atoms with van der Waals surface area (Å²) >= 11 is 0. The predicted octanol–water partition coefficient (Wildman–Crippen LogP) is 1.58. The zero-order chi connectivity index (χ0) is 13.5. The van der Waals surface area contributed by atoms with Crippen molar-refractivity contribution >= 4 is 11.6 Å². The lowest BCUT2D eigenvalue weighted by atomic mass is 10.2. The molecule has 0 radical (unpaired) electrons.